The number of carbonyl (C=O) groups is 1. The summed E-state index contributed by atoms with van der Waals surface area (Å²) in [6.45, 7) is 5.12. The number of carboxylic acid groups (broad SMARTS) is 1. The van der Waals surface area contributed by atoms with Crippen LogP contribution in [0.25, 0.3) is 10.9 Å². The first-order chi connectivity index (χ1) is 12.1. The molecule has 4 rings (SSSR count). The van der Waals surface area contributed by atoms with Crippen molar-refractivity contribution in [3.8, 4) is 0 Å². The lowest BCUT2D eigenvalue weighted by Crippen LogP contribution is -2.14. The van der Waals surface area contributed by atoms with E-state index in [1.54, 1.807) is 6.07 Å². The van der Waals surface area contributed by atoms with Gasteiger partial charge in [-0.05, 0) is 54.9 Å². The second-order valence-electron chi connectivity index (χ2n) is 7.18. The Morgan fingerprint density at radius 2 is 2.00 bits per heavy atom. The Kier molecular flexibility index (Phi) is 3.87. The van der Waals surface area contributed by atoms with Crippen molar-refractivity contribution in [2.45, 2.75) is 45.6 Å². The summed E-state index contributed by atoms with van der Waals surface area (Å²) < 4.78 is 2.28. The molecule has 25 heavy (non-hydrogen) atoms. The van der Waals surface area contributed by atoms with Gasteiger partial charge in [0.25, 0.3) is 0 Å². The molecule has 0 bridgehead atoms. The minimum absolute atomic E-state index is 0.410. The topological polar surface area (TPSA) is 42.2 Å². The van der Waals surface area contributed by atoms with Gasteiger partial charge < -0.3 is 9.67 Å². The van der Waals surface area contributed by atoms with Crippen LogP contribution in [0.5, 0.6) is 0 Å². The van der Waals surface area contributed by atoms with Gasteiger partial charge in [0.15, 0.2) is 0 Å². The maximum atomic E-state index is 11.9. The van der Waals surface area contributed by atoms with Crippen LogP contribution in [0.3, 0.4) is 0 Å². The molecule has 3 nitrogen and oxygen atoms in total. The molecule has 128 valence electrons. The first-order valence-electron chi connectivity index (χ1n) is 8.99. The van der Waals surface area contributed by atoms with E-state index in [1.807, 2.05) is 12.1 Å². The van der Waals surface area contributed by atoms with Crippen molar-refractivity contribution in [1.29, 1.82) is 0 Å². The van der Waals surface area contributed by atoms with Gasteiger partial charge in [0.2, 0.25) is 0 Å². The zero-order valence-corrected chi connectivity index (χ0v) is 14.7. The number of aromatic carboxylic acids is 1. The van der Waals surface area contributed by atoms with E-state index in [2.05, 4.69) is 42.7 Å². The summed E-state index contributed by atoms with van der Waals surface area (Å²) >= 11 is 0. The smallest absolute Gasteiger partial charge is 0.337 e. The van der Waals surface area contributed by atoms with E-state index in [0.717, 1.165) is 23.9 Å². The van der Waals surface area contributed by atoms with Crippen LogP contribution in [0.2, 0.25) is 0 Å². The van der Waals surface area contributed by atoms with E-state index in [1.165, 1.54) is 35.2 Å². The molecule has 3 aromatic rings. The number of carboxylic acids is 1. The first-order valence-corrected chi connectivity index (χ1v) is 8.99. The average Bonchev–Trinajstić information content (AvgIpc) is 2.92. The predicted molar refractivity (Wildman–Crippen MR) is 101 cm³/mol. The highest BCUT2D eigenvalue weighted by Crippen LogP contribution is 2.40. The fraction of sp³-hybridized carbons (Fsp3) is 0.318. The molecule has 1 atom stereocenters. The Labute approximate surface area is 147 Å². The van der Waals surface area contributed by atoms with Crippen molar-refractivity contribution < 1.29 is 9.90 Å². The number of para-hydroxylation sites is 1. The van der Waals surface area contributed by atoms with Gasteiger partial charge in [-0.2, -0.15) is 0 Å². The van der Waals surface area contributed by atoms with Gasteiger partial charge in [0.1, 0.15) is 0 Å². The lowest BCUT2D eigenvalue weighted by Gasteiger charge is -2.23. The van der Waals surface area contributed by atoms with Gasteiger partial charge in [-0.3, -0.25) is 0 Å². The standard InChI is InChI=1S/C22H23NO2/c1-14-7-3-4-9-16(14)13-23-20-15(2)8-5-10-17(20)18-11-6-12-19(21(18)23)22(24)25/h3-4,6-7,9,11-12,15H,5,8,10,13H2,1-2H3,(H,24,25). The van der Waals surface area contributed by atoms with Gasteiger partial charge in [-0.25, -0.2) is 4.79 Å². The van der Waals surface area contributed by atoms with Crippen molar-refractivity contribution in [3.05, 3.63) is 70.4 Å². The van der Waals surface area contributed by atoms with Crippen LogP contribution < -0.4 is 0 Å². The van der Waals surface area contributed by atoms with E-state index < -0.39 is 5.97 Å². The van der Waals surface area contributed by atoms with Crippen molar-refractivity contribution in [3.63, 3.8) is 0 Å². The second-order valence-corrected chi connectivity index (χ2v) is 7.18. The van der Waals surface area contributed by atoms with E-state index in [-0.39, 0.29) is 0 Å². The highest BCUT2D eigenvalue weighted by molar-refractivity contribution is 6.04. The van der Waals surface area contributed by atoms with E-state index in [0.29, 0.717) is 11.5 Å². The van der Waals surface area contributed by atoms with Crippen LogP contribution in [0.4, 0.5) is 0 Å². The molecule has 0 saturated carbocycles. The van der Waals surface area contributed by atoms with Gasteiger partial charge >= 0.3 is 5.97 Å². The largest absolute Gasteiger partial charge is 0.478 e. The molecule has 1 aliphatic carbocycles. The molecule has 0 radical (unpaired) electrons. The van der Waals surface area contributed by atoms with Crippen LogP contribution in [0, 0.1) is 6.92 Å². The highest BCUT2D eigenvalue weighted by atomic mass is 16.4. The Balaban J connectivity index is 2.02. The Bertz CT molecular complexity index is 968. The summed E-state index contributed by atoms with van der Waals surface area (Å²) in [5, 5.41) is 10.9. The Hall–Kier alpha value is -2.55. The number of aromatic nitrogens is 1. The second kappa shape index (κ2) is 6.07. The molecule has 1 aliphatic rings. The molecule has 1 unspecified atom stereocenters. The molecule has 0 fully saturated rings. The number of rotatable bonds is 3. The average molecular weight is 333 g/mol. The highest BCUT2D eigenvalue weighted by Gasteiger charge is 2.27. The van der Waals surface area contributed by atoms with Crippen molar-refractivity contribution in [2.24, 2.45) is 0 Å². The van der Waals surface area contributed by atoms with Crippen LogP contribution in [0.15, 0.2) is 42.5 Å². The third kappa shape index (κ3) is 2.55. The lowest BCUT2D eigenvalue weighted by molar-refractivity contribution is 0.0698. The van der Waals surface area contributed by atoms with Crippen LogP contribution >= 0.6 is 0 Å². The summed E-state index contributed by atoms with van der Waals surface area (Å²) in [4.78, 5) is 11.9. The van der Waals surface area contributed by atoms with Gasteiger partial charge in [0, 0.05) is 17.6 Å². The Morgan fingerprint density at radius 3 is 2.76 bits per heavy atom. The van der Waals surface area contributed by atoms with Crippen molar-refractivity contribution in [1.82, 2.24) is 4.57 Å². The van der Waals surface area contributed by atoms with Crippen molar-refractivity contribution >= 4 is 16.9 Å². The minimum atomic E-state index is -0.848. The van der Waals surface area contributed by atoms with Crippen LogP contribution in [-0.2, 0) is 13.0 Å². The molecule has 1 heterocycles. The number of nitrogens with zero attached hydrogens (tertiary/aromatic N) is 1. The molecular formula is C22H23NO2. The minimum Gasteiger partial charge on any atom is -0.478 e. The lowest BCUT2D eigenvalue weighted by atomic mass is 9.88. The molecule has 2 aromatic carbocycles. The summed E-state index contributed by atoms with van der Waals surface area (Å²) in [7, 11) is 0. The molecule has 0 aliphatic heterocycles. The summed E-state index contributed by atoms with van der Waals surface area (Å²) in [6.07, 6.45) is 3.38. The van der Waals surface area contributed by atoms with Crippen LogP contribution in [-0.4, -0.2) is 15.6 Å². The number of hydrogen-bond acceptors (Lipinski definition) is 1. The van der Waals surface area contributed by atoms with E-state index >= 15 is 0 Å². The Morgan fingerprint density at radius 1 is 1.20 bits per heavy atom. The number of benzene rings is 2. The maximum Gasteiger partial charge on any atom is 0.337 e. The quantitative estimate of drug-likeness (QED) is 0.721. The molecule has 0 amide bonds. The molecular weight excluding hydrogens is 310 g/mol. The SMILES string of the molecule is Cc1ccccc1Cn1c2c(c3cccc(C(=O)O)c31)CCCC2C. The zero-order valence-electron chi connectivity index (χ0n) is 14.7. The fourth-order valence-electron chi connectivity index (χ4n) is 4.34. The molecule has 0 spiro atoms. The third-order valence-electron chi connectivity index (χ3n) is 5.58. The summed E-state index contributed by atoms with van der Waals surface area (Å²) in [5.41, 5.74) is 6.47. The molecule has 1 N–H and O–H groups in total. The normalized spacial score (nSPS) is 16.8. The first kappa shape index (κ1) is 15.9. The predicted octanol–water partition coefficient (Wildman–Crippen LogP) is 5.14. The van der Waals surface area contributed by atoms with Crippen LogP contribution in [0.1, 0.15) is 58.4 Å². The van der Waals surface area contributed by atoms with E-state index in [9.17, 15) is 9.90 Å². The van der Waals surface area contributed by atoms with Gasteiger partial charge in [-0.15, -0.1) is 0 Å². The molecule has 3 heteroatoms. The number of aryl methyl sites for hydroxylation is 2. The van der Waals surface area contributed by atoms with Gasteiger partial charge in [-0.1, -0.05) is 43.3 Å². The number of fused-ring (bicyclic) bond motifs is 3. The summed E-state index contributed by atoms with van der Waals surface area (Å²) in [5.74, 6) is -0.388. The fourth-order valence-corrected chi connectivity index (χ4v) is 4.34. The molecule has 0 saturated heterocycles. The monoisotopic (exact) mass is 333 g/mol. The van der Waals surface area contributed by atoms with Crippen molar-refractivity contribution in [2.75, 3.05) is 0 Å². The maximum absolute atomic E-state index is 11.9. The summed E-state index contributed by atoms with van der Waals surface area (Å²) in [6, 6.07) is 14.1. The zero-order chi connectivity index (χ0) is 17.6. The van der Waals surface area contributed by atoms with E-state index in [4.69, 9.17) is 0 Å². The van der Waals surface area contributed by atoms with Gasteiger partial charge in [0.05, 0.1) is 11.1 Å². The number of hydrogen-bond donors (Lipinski definition) is 1. The molecule has 1 aromatic heterocycles. The third-order valence-corrected chi connectivity index (χ3v) is 5.58.